The van der Waals surface area contributed by atoms with Gasteiger partial charge in [0.2, 0.25) is 11.8 Å². The molecular formula is C25H31N3O4S. The fraction of sp³-hybridized carbons (Fsp3) is 0.440. The molecule has 1 fully saturated rings. The smallest absolute Gasteiger partial charge is 0.264 e. The molecule has 2 aliphatic rings. The predicted molar refractivity (Wildman–Crippen MR) is 129 cm³/mol. The molecule has 2 aromatic rings. The van der Waals surface area contributed by atoms with E-state index in [2.05, 4.69) is 0 Å². The van der Waals surface area contributed by atoms with Crippen LogP contribution in [-0.4, -0.2) is 51.3 Å². The van der Waals surface area contributed by atoms with Crippen LogP contribution in [0.5, 0.6) is 0 Å². The van der Waals surface area contributed by atoms with Crippen LogP contribution in [0.3, 0.4) is 0 Å². The summed E-state index contributed by atoms with van der Waals surface area (Å²) in [7, 11) is -3.99. The van der Waals surface area contributed by atoms with Crippen molar-refractivity contribution in [1.82, 2.24) is 4.90 Å². The van der Waals surface area contributed by atoms with Gasteiger partial charge >= 0.3 is 0 Å². The number of hydrogen-bond acceptors (Lipinski definition) is 4. The number of anilines is 2. The van der Waals surface area contributed by atoms with Crippen molar-refractivity contribution in [2.24, 2.45) is 0 Å². The summed E-state index contributed by atoms with van der Waals surface area (Å²) < 4.78 is 28.9. The van der Waals surface area contributed by atoms with Crippen molar-refractivity contribution >= 4 is 33.2 Å². The SMILES string of the molecule is CC(=O)N1CCCc2cc(S(=O)(=O)N(CC(=O)N3CCCCC3)c3cccc(C)c3)ccc21. The zero-order chi connectivity index (χ0) is 23.6. The van der Waals surface area contributed by atoms with Gasteiger partial charge in [-0.15, -0.1) is 0 Å². The zero-order valence-corrected chi connectivity index (χ0v) is 20.1. The molecule has 8 heteroatoms. The van der Waals surface area contributed by atoms with Crippen LogP contribution in [0.15, 0.2) is 47.4 Å². The highest BCUT2D eigenvalue weighted by Crippen LogP contribution is 2.32. The molecule has 0 aromatic heterocycles. The van der Waals surface area contributed by atoms with Gasteiger partial charge in [-0.1, -0.05) is 12.1 Å². The summed E-state index contributed by atoms with van der Waals surface area (Å²) in [4.78, 5) is 28.7. The molecule has 2 heterocycles. The van der Waals surface area contributed by atoms with Gasteiger partial charge in [-0.25, -0.2) is 8.42 Å². The Kier molecular flexibility index (Phi) is 6.74. The highest BCUT2D eigenvalue weighted by atomic mass is 32.2. The summed E-state index contributed by atoms with van der Waals surface area (Å²) in [5, 5.41) is 0. The van der Waals surface area contributed by atoms with Crippen molar-refractivity contribution < 1.29 is 18.0 Å². The molecule has 33 heavy (non-hydrogen) atoms. The Hall–Kier alpha value is -2.87. The first-order chi connectivity index (χ1) is 15.8. The lowest BCUT2D eigenvalue weighted by atomic mass is 10.0. The quantitative estimate of drug-likeness (QED) is 0.672. The van der Waals surface area contributed by atoms with Gasteiger partial charge in [0.15, 0.2) is 0 Å². The molecule has 0 spiro atoms. The maximum Gasteiger partial charge on any atom is 0.264 e. The second-order valence-corrected chi connectivity index (χ2v) is 10.7. The van der Waals surface area contributed by atoms with Gasteiger partial charge in [-0.3, -0.25) is 13.9 Å². The van der Waals surface area contributed by atoms with Gasteiger partial charge in [0, 0.05) is 32.2 Å². The van der Waals surface area contributed by atoms with Crippen molar-refractivity contribution in [2.45, 2.75) is 50.8 Å². The summed E-state index contributed by atoms with van der Waals surface area (Å²) >= 11 is 0. The second-order valence-electron chi connectivity index (χ2n) is 8.86. The van der Waals surface area contributed by atoms with Gasteiger partial charge in [-0.05, 0) is 80.5 Å². The van der Waals surface area contributed by atoms with Crippen LogP contribution >= 0.6 is 0 Å². The molecule has 0 unspecified atom stereocenters. The lowest BCUT2D eigenvalue weighted by molar-refractivity contribution is -0.130. The molecule has 2 amide bonds. The van der Waals surface area contributed by atoms with E-state index in [1.54, 1.807) is 46.2 Å². The predicted octanol–water partition coefficient (Wildman–Crippen LogP) is 3.50. The van der Waals surface area contributed by atoms with E-state index < -0.39 is 10.0 Å². The largest absolute Gasteiger partial charge is 0.341 e. The van der Waals surface area contributed by atoms with Crippen molar-refractivity contribution in [3.05, 3.63) is 53.6 Å². The van der Waals surface area contributed by atoms with Crippen molar-refractivity contribution in [1.29, 1.82) is 0 Å². The minimum Gasteiger partial charge on any atom is -0.341 e. The van der Waals surface area contributed by atoms with Crippen LogP contribution in [-0.2, 0) is 26.0 Å². The molecule has 7 nitrogen and oxygen atoms in total. The van der Waals surface area contributed by atoms with Crippen LogP contribution in [0.25, 0.3) is 0 Å². The number of likely N-dealkylation sites (tertiary alicyclic amines) is 1. The normalized spacial score (nSPS) is 16.3. The van der Waals surface area contributed by atoms with E-state index >= 15 is 0 Å². The molecule has 0 atom stereocenters. The second kappa shape index (κ2) is 9.55. The number of fused-ring (bicyclic) bond motifs is 1. The summed E-state index contributed by atoms with van der Waals surface area (Å²) in [6.07, 6.45) is 4.47. The third kappa shape index (κ3) is 4.90. The number of hydrogen-bond donors (Lipinski definition) is 0. The molecule has 176 valence electrons. The van der Waals surface area contributed by atoms with E-state index in [4.69, 9.17) is 0 Å². The number of rotatable bonds is 5. The van der Waals surface area contributed by atoms with E-state index in [1.165, 1.54) is 11.2 Å². The number of aryl methyl sites for hydroxylation is 2. The number of carbonyl (C=O) groups is 2. The molecule has 0 radical (unpaired) electrons. The van der Waals surface area contributed by atoms with E-state index in [0.29, 0.717) is 31.7 Å². The van der Waals surface area contributed by atoms with E-state index in [-0.39, 0.29) is 23.3 Å². The standard InChI is InChI=1S/C25H31N3O4S/c1-19-8-6-10-22(16-19)28(18-25(30)26-13-4-3-5-14-26)33(31,32)23-11-12-24-21(17-23)9-7-15-27(24)20(2)29/h6,8,10-12,16-17H,3-5,7,9,13-15,18H2,1-2H3. The van der Waals surface area contributed by atoms with Gasteiger partial charge in [0.1, 0.15) is 6.54 Å². The van der Waals surface area contributed by atoms with Gasteiger partial charge < -0.3 is 9.80 Å². The Morgan fingerprint density at radius 1 is 0.970 bits per heavy atom. The first kappa shape index (κ1) is 23.3. The van der Waals surface area contributed by atoms with Gasteiger partial charge in [0.25, 0.3) is 10.0 Å². The van der Waals surface area contributed by atoms with Crippen molar-refractivity contribution in [3.63, 3.8) is 0 Å². The average molecular weight is 470 g/mol. The van der Waals surface area contributed by atoms with E-state index in [9.17, 15) is 18.0 Å². The summed E-state index contributed by atoms with van der Waals surface area (Å²) in [5.41, 5.74) is 2.99. The molecular weight excluding hydrogens is 438 g/mol. The van der Waals surface area contributed by atoms with E-state index in [0.717, 1.165) is 42.5 Å². The van der Waals surface area contributed by atoms with E-state index in [1.807, 2.05) is 13.0 Å². The maximum atomic E-state index is 13.8. The molecule has 0 N–H and O–H groups in total. The Balaban J connectivity index is 1.71. The molecule has 2 aliphatic heterocycles. The zero-order valence-electron chi connectivity index (χ0n) is 19.3. The molecule has 0 bridgehead atoms. The van der Waals surface area contributed by atoms with Crippen LogP contribution in [0.1, 0.15) is 43.7 Å². The van der Waals surface area contributed by atoms with Gasteiger partial charge in [0.05, 0.1) is 10.6 Å². The Bertz CT molecular complexity index is 1160. The number of nitrogens with zero attached hydrogens (tertiary/aromatic N) is 3. The molecule has 1 saturated heterocycles. The number of piperidine rings is 1. The summed E-state index contributed by atoms with van der Waals surface area (Å²) in [6, 6.07) is 12.1. The molecule has 2 aromatic carbocycles. The minimum atomic E-state index is -3.99. The highest BCUT2D eigenvalue weighted by Gasteiger charge is 2.31. The summed E-state index contributed by atoms with van der Waals surface area (Å²) in [6.45, 7) is 5.15. The number of sulfonamides is 1. The average Bonchev–Trinajstić information content (AvgIpc) is 2.82. The van der Waals surface area contributed by atoms with Crippen molar-refractivity contribution in [2.75, 3.05) is 35.4 Å². The topological polar surface area (TPSA) is 78.0 Å². The molecule has 0 saturated carbocycles. The first-order valence-corrected chi connectivity index (χ1v) is 13.0. The summed E-state index contributed by atoms with van der Waals surface area (Å²) in [5.74, 6) is -0.236. The Labute approximate surface area is 196 Å². The fourth-order valence-corrected chi connectivity index (χ4v) is 6.11. The number of benzene rings is 2. The van der Waals surface area contributed by atoms with Crippen LogP contribution in [0.4, 0.5) is 11.4 Å². The third-order valence-electron chi connectivity index (χ3n) is 6.41. The lowest BCUT2D eigenvalue weighted by Gasteiger charge is -2.31. The Morgan fingerprint density at radius 2 is 1.73 bits per heavy atom. The molecule has 4 rings (SSSR count). The van der Waals surface area contributed by atoms with Crippen LogP contribution < -0.4 is 9.21 Å². The molecule has 0 aliphatic carbocycles. The monoisotopic (exact) mass is 469 g/mol. The van der Waals surface area contributed by atoms with Crippen LogP contribution in [0, 0.1) is 6.92 Å². The first-order valence-electron chi connectivity index (χ1n) is 11.6. The number of carbonyl (C=O) groups excluding carboxylic acids is 2. The van der Waals surface area contributed by atoms with Crippen LogP contribution in [0.2, 0.25) is 0 Å². The lowest BCUT2D eigenvalue weighted by Crippen LogP contribution is -2.45. The fourth-order valence-electron chi connectivity index (χ4n) is 4.65. The van der Waals surface area contributed by atoms with Crippen molar-refractivity contribution in [3.8, 4) is 0 Å². The maximum absolute atomic E-state index is 13.8. The van der Waals surface area contributed by atoms with Gasteiger partial charge in [-0.2, -0.15) is 0 Å². The highest BCUT2D eigenvalue weighted by molar-refractivity contribution is 7.92. The minimum absolute atomic E-state index is 0.0555. The number of amides is 2. The third-order valence-corrected chi connectivity index (χ3v) is 8.18. The Morgan fingerprint density at radius 3 is 2.42 bits per heavy atom.